The molecule has 1 fully saturated rings. The molecular formula is C27H31Cl2N7OS. The second-order valence-electron chi connectivity index (χ2n) is 10.2. The maximum Gasteiger partial charge on any atom is 0.234 e. The predicted molar refractivity (Wildman–Crippen MR) is 154 cm³/mol. The lowest BCUT2D eigenvalue weighted by Crippen LogP contribution is -2.44. The summed E-state index contributed by atoms with van der Waals surface area (Å²) in [5.74, 6) is 6.25. The molecule has 1 aromatic heterocycles. The molecule has 38 heavy (non-hydrogen) atoms. The van der Waals surface area contributed by atoms with Crippen LogP contribution in [-0.2, 0) is 10.2 Å². The zero-order valence-corrected chi connectivity index (χ0v) is 24.3. The van der Waals surface area contributed by atoms with Crippen molar-refractivity contribution in [3.63, 3.8) is 0 Å². The van der Waals surface area contributed by atoms with E-state index in [0.717, 1.165) is 43.9 Å². The number of benzene rings is 2. The van der Waals surface area contributed by atoms with Crippen molar-refractivity contribution in [1.29, 1.82) is 0 Å². The number of tetrazole rings is 1. The van der Waals surface area contributed by atoms with E-state index in [1.165, 1.54) is 16.4 Å². The summed E-state index contributed by atoms with van der Waals surface area (Å²) in [6.45, 7) is 11.3. The molecule has 4 rings (SSSR count). The first-order chi connectivity index (χ1) is 18.1. The lowest BCUT2D eigenvalue weighted by atomic mass is 9.87. The number of thioether (sulfide) groups is 1. The highest BCUT2D eigenvalue weighted by atomic mass is 35.5. The smallest absolute Gasteiger partial charge is 0.234 e. The molecule has 0 radical (unpaired) electrons. The molecule has 2 aromatic carbocycles. The molecular weight excluding hydrogens is 541 g/mol. The van der Waals surface area contributed by atoms with Crippen LogP contribution in [0.4, 0.5) is 5.69 Å². The summed E-state index contributed by atoms with van der Waals surface area (Å²) in [4.78, 5) is 17.3. The molecule has 8 nitrogen and oxygen atoms in total. The molecule has 1 aliphatic heterocycles. The van der Waals surface area contributed by atoms with E-state index in [1.54, 1.807) is 12.1 Å². The molecule has 0 atom stereocenters. The van der Waals surface area contributed by atoms with Gasteiger partial charge in [0, 0.05) is 31.7 Å². The molecule has 0 aliphatic carbocycles. The van der Waals surface area contributed by atoms with Crippen molar-refractivity contribution in [2.75, 3.05) is 50.8 Å². The lowest BCUT2D eigenvalue weighted by molar-refractivity contribution is -0.113. The number of anilines is 1. The number of carbonyl (C=O) groups is 1. The van der Waals surface area contributed by atoms with E-state index in [-0.39, 0.29) is 17.1 Å². The third-order valence-electron chi connectivity index (χ3n) is 6.19. The highest BCUT2D eigenvalue weighted by Gasteiger charge is 2.19. The Kier molecular flexibility index (Phi) is 9.34. The number of amides is 1. The molecule has 200 valence electrons. The normalized spacial score (nSPS) is 14.7. The van der Waals surface area contributed by atoms with Crippen LogP contribution in [0.1, 0.15) is 31.9 Å². The second kappa shape index (κ2) is 12.5. The van der Waals surface area contributed by atoms with Gasteiger partial charge in [0.15, 0.2) is 0 Å². The van der Waals surface area contributed by atoms with Gasteiger partial charge < -0.3 is 10.2 Å². The molecule has 1 N–H and O–H groups in total. The number of likely N-dealkylation sites (N-methyl/N-ethyl adjacent to an activating group) is 1. The van der Waals surface area contributed by atoms with Crippen LogP contribution in [0.25, 0.3) is 5.69 Å². The van der Waals surface area contributed by atoms with Crippen molar-refractivity contribution in [2.45, 2.75) is 31.3 Å². The molecule has 0 unspecified atom stereocenters. The Morgan fingerprint density at radius 2 is 1.84 bits per heavy atom. The molecule has 0 bridgehead atoms. The second-order valence-corrected chi connectivity index (χ2v) is 12.0. The minimum absolute atomic E-state index is 0.0326. The zero-order chi connectivity index (χ0) is 27.3. The first-order valence-electron chi connectivity index (χ1n) is 12.3. The Morgan fingerprint density at radius 1 is 1.08 bits per heavy atom. The SMILES string of the molecule is CN1CCN(CC#Cc2ccc(NC(=O)CSc3nnnn3-c3ccc(C(C)(C)C)cc3Cl)c(Cl)c2)CC1. The molecule has 0 saturated carbocycles. The minimum atomic E-state index is -0.227. The highest BCUT2D eigenvalue weighted by molar-refractivity contribution is 7.99. The van der Waals surface area contributed by atoms with E-state index in [0.29, 0.717) is 26.6 Å². The van der Waals surface area contributed by atoms with Gasteiger partial charge in [-0.2, -0.15) is 4.68 Å². The van der Waals surface area contributed by atoms with Crippen LogP contribution in [0.3, 0.4) is 0 Å². The predicted octanol–water partition coefficient (Wildman–Crippen LogP) is 4.60. The highest BCUT2D eigenvalue weighted by Crippen LogP contribution is 2.30. The van der Waals surface area contributed by atoms with Crippen LogP contribution in [0.2, 0.25) is 10.0 Å². The number of nitrogens with zero attached hydrogens (tertiary/aromatic N) is 6. The number of hydrogen-bond acceptors (Lipinski definition) is 7. The van der Waals surface area contributed by atoms with E-state index in [1.807, 2.05) is 24.3 Å². The fourth-order valence-corrected chi connectivity index (χ4v) is 5.01. The Hall–Kier alpha value is -2.61. The number of piperazine rings is 1. The molecule has 0 spiro atoms. The Bertz CT molecular complexity index is 1350. The van der Waals surface area contributed by atoms with Crippen molar-refractivity contribution >= 4 is 46.6 Å². The van der Waals surface area contributed by atoms with E-state index in [2.05, 4.69) is 70.3 Å². The van der Waals surface area contributed by atoms with Crippen LogP contribution < -0.4 is 5.32 Å². The standard InChI is InChI=1S/C27H31Cl2N7OS/c1-27(2,3)20-8-10-24(22(29)17-20)36-26(31-32-33-36)38-18-25(37)30-23-9-7-19(16-21(23)28)6-5-11-35-14-12-34(4)13-15-35/h7-10,16-17H,11-15,18H2,1-4H3,(H,30,37). The van der Waals surface area contributed by atoms with E-state index in [4.69, 9.17) is 23.2 Å². The van der Waals surface area contributed by atoms with E-state index in [9.17, 15) is 4.79 Å². The van der Waals surface area contributed by atoms with Crippen LogP contribution in [0, 0.1) is 11.8 Å². The fraction of sp³-hybridized carbons (Fsp3) is 0.407. The monoisotopic (exact) mass is 571 g/mol. The fourth-order valence-electron chi connectivity index (χ4n) is 3.84. The lowest BCUT2D eigenvalue weighted by Gasteiger charge is -2.30. The largest absolute Gasteiger partial charge is 0.324 e. The van der Waals surface area contributed by atoms with Gasteiger partial charge in [0.1, 0.15) is 0 Å². The number of nitrogens with one attached hydrogen (secondary N) is 1. The Labute approximate surface area is 238 Å². The summed E-state index contributed by atoms with van der Waals surface area (Å²) in [6.07, 6.45) is 0. The molecule has 1 amide bonds. The molecule has 11 heteroatoms. The van der Waals surface area contributed by atoms with Crippen LogP contribution in [0.5, 0.6) is 0 Å². The maximum atomic E-state index is 12.7. The van der Waals surface area contributed by atoms with Gasteiger partial charge in [-0.15, -0.1) is 5.10 Å². The number of hydrogen-bond donors (Lipinski definition) is 1. The van der Waals surface area contributed by atoms with Gasteiger partial charge in [-0.25, -0.2) is 0 Å². The van der Waals surface area contributed by atoms with Gasteiger partial charge in [-0.3, -0.25) is 9.69 Å². The summed E-state index contributed by atoms with van der Waals surface area (Å²) < 4.78 is 1.54. The van der Waals surface area contributed by atoms with Crippen molar-refractivity contribution in [3.05, 3.63) is 57.6 Å². The van der Waals surface area contributed by atoms with Crippen LogP contribution >= 0.6 is 35.0 Å². The van der Waals surface area contributed by atoms with E-state index < -0.39 is 0 Å². The average molecular weight is 573 g/mol. The maximum absolute atomic E-state index is 12.7. The third kappa shape index (κ3) is 7.49. The Morgan fingerprint density at radius 3 is 2.53 bits per heavy atom. The number of carbonyl (C=O) groups excluding carboxylic acids is 1. The topological polar surface area (TPSA) is 79.2 Å². The zero-order valence-electron chi connectivity index (χ0n) is 22.0. The summed E-state index contributed by atoms with van der Waals surface area (Å²) in [5.41, 5.74) is 3.07. The summed E-state index contributed by atoms with van der Waals surface area (Å²) in [6, 6.07) is 11.2. The summed E-state index contributed by atoms with van der Waals surface area (Å²) in [5, 5.41) is 16.2. The molecule has 3 aromatic rings. The molecule has 1 saturated heterocycles. The Balaban J connectivity index is 1.33. The van der Waals surface area contributed by atoms with Gasteiger partial charge in [-0.05, 0) is 58.8 Å². The number of rotatable bonds is 6. The number of halogens is 2. The third-order valence-corrected chi connectivity index (χ3v) is 7.72. The summed E-state index contributed by atoms with van der Waals surface area (Å²) in [7, 11) is 2.14. The average Bonchev–Trinajstić information content (AvgIpc) is 3.33. The quantitative estimate of drug-likeness (QED) is 0.342. The summed E-state index contributed by atoms with van der Waals surface area (Å²) >= 11 is 14.2. The van der Waals surface area contributed by atoms with Crippen LogP contribution in [0.15, 0.2) is 41.6 Å². The van der Waals surface area contributed by atoms with E-state index >= 15 is 0 Å². The van der Waals surface area contributed by atoms with Gasteiger partial charge in [0.25, 0.3) is 0 Å². The number of aromatic nitrogens is 4. The molecule has 2 heterocycles. The van der Waals surface area contributed by atoms with Crippen LogP contribution in [-0.4, -0.2) is 81.4 Å². The van der Waals surface area contributed by atoms with Crippen molar-refractivity contribution in [1.82, 2.24) is 30.0 Å². The minimum Gasteiger partial charge on any atom is -0.324 e. The van der Waals surface area contributed by atoms with Gasteiger partial charge in [-0.1, -0.05) is 73.6 Å². The van der Waals surface area contributed by atoms with Crippen molar-refractivity contribution < 1.29 is 4.79 Å². The van der Waals surface area contributed by atoms with Gasteiger partial charge in [0.05, 0.1) is 33.7 Å². The van der Waals surface area contributed by atoms with Gasteiger partial charge >= 0.3 is 0 Å². The first kappa shape index (κ1) is 28.4. The van der Waals surface area contributed by atoms with Gasteiger partial charge in [0.2, 0.25) is 11.1 Å². The first-order valence-corrected chi connectivity index (χ1v) is 14.0. The van der Waals surface area contributed by atoms with Crippen molar-refractivity contribution in [3.8, 4) is 17.5 Å². The van der Waals surface area contributed by atoms with Crippen molar-refractivity contribution in [2.24, 2.45) is 0 Å². The molecule has 1 aliphatic rings.